The van der Waals surface area contributed by atoms with Gasteiger partial charge >= 0.3 is 0 Å². The number of fused-ring (bicyclic) bond motifs is 7. The lowest BCUT2D eigenvalue weighted by Gasteiger charge is -2.35. The summed E-state index contributed by atoms with van der Waals surface area (Å²) in [5, 5.41) is 2.45. The number of hydrogen-bond acceptors (Lipinski definition) is 1. The molecule has 0 saturated carbocycles. The Morgan fingerprint density at radius 1 is 0.317 bits per heavy atom. The van der Waals surface area contributed by atoms with Gasteiger partial charge in [0.1, 0.15) is 0 Å². The molecule has 0 aliphatic heterocycles. The zero-order chi connectivity index (χ0) is 42.1. The van der Waals surface area contributed by atoms with Crippen LogP contribution in [0.1, 0.15) is 47.2 Å². The van der Waals surface area contributed by atoms with Gasteiger partial charge in [-0.05, 0) is 119 Å². The van der Waals surface area contributed by atoms with Gasteiger partial charge in [-0.1, -0.05) is 214 Å². The zero-order valence-corrected chi connectivity index (χ0v) is 35.5. The smallest absolute Gasteiger partial charge is 0.0714 e. The number of benzene rings is 10. The minimum absolute atomic E-state index is 0.168. The Morgan fingerprint density at radius 3 is 1.52 bits per heavy atom. The largest absolute Gasteiger partial charge is 0.310 e. The Bertz CT molecular complexity index is 3320. The van der Waals surface area contributed by atoms with E-state index in [1.807, 2.05) is 0 Å². The van der Waals surface area contributed by atoms with Crippen molar-refractivity contribution in [3.05, 3.63) is 270 Å². The van der Waals surface area contributed by atoms with Gasteiger partial charge in [0.25, 0.3) is 0 Å². The molecule has 0 unspecified atom stereocenters. The number of nitrogens with zero attached hydrogens (tertiary/aromatic N) is 1. The van der Waals surface area contributed by atoms with E-state index in [9.17, 15) is 0 Å². The van der Waals surface area contributed by atoms with Crippen molar-refractivity contribution < 1.29 is 0 Å². The Hall–Kier alpha value is -7.74. The predicted octanol–water partition coefficient (Wildman–Crippen LogP) is 16.3. The molecule has 10 aromatic carbocycles. The van der Waals surface area contributed by atoms with Crippen molar-refractivity contribution in [1.29, 1.82) is 0 Å². The molecule has 0 heterocycles. The van der Waals surface area contributed by atoms with Crippen molar-refractivity contribution >= 4 is 27.8 Å². The first-order valence-electron chi connectivity index (χ1n) is 22.1. The van der Waals surface area contributed by atoms with E-state index >= 15 is 0 Å². The van der Waals surface area contributed by atoms with Crippen LogP contribution in [0.4, 0.5) is 17.1 Å². The summed E-state index contributed by atoms with van der Waals surface area (Å²) in [7, 11) is 0. The highest BCUT2D eigenvalue weighted by Crippen LogP contribution is 2.58. The van der Waals surface area contributed by atoms with E-state index in [4.69, 9.17) is 0 Å². The van der Waals surface area contributed by atoms with Crippen LogP contribution in [0.5, 0.6) is 0 Å². The van der Waals surface area contributed by atoms with Gasteiger partial charge in [-0.3, -0.25) is 0 Å². The molecule has 0 fully saturated rings. The summed E-state index contributed by atoms with van der Waals surface area (Å²) in [6, 6.07) is 88.0. The molecule has 1 heteroatoms. The monoisotopic (exact) mass is 803 g/mol. The van der Waals surface area contributed by atoms with Crippen LogP contribution in [0.25, 0.3) is 55.3 Å². The van der Waals surface area contributed by atoms with Crippen molar-refractivity contribution in [3.63, 3.8) is 0 Å². The molecule has 2 aliphatic rings. The summed E-state index contributed by atoms with van der Waals surface area (Å²) in [5.41, 5.74) is 20.4. The minimum Gasteiger partial charge on any atom is -0.310 e. The average Bonchev–Trinajstić information content (AvgIpc) is 3.77. The number of hydrogen-bond donors (Lipinski definition) is 0. The van der Waals surface area contributed by atoms with Gasteiger partial charge in [0.15, 0.2) is 0 Å². The summed E-state index contributed by atoms with van der Waals surface area (Å²) in [6.45, 7) is 4.76. The maximum atomic E-state index is 2.54. The Balaban J connectivity index is 1.17. The van der Waals surface area contributed by atoms with Crippen molar-refractivity contribution in [2.24, 2.45) is 0 Å². The van der Waals surface area contributed by atoms with Crippen LogP contribution in [0.3, 0.4) is 0 Å². The average molecular weight is 804 g/mol. The first-order chi connectivity index (χ1) is 31.0. The second-order valence-corrected chi connectivity index (χ2v) is 17.6. The molecule has 0 aromatic heterocycles. The van der Waals surface area contributed by atoms with Gasteiger partial charge in [0, 0.05) is 22.4 Å². The summed E-state index contributed by atoms with van der Waals surface area (Å²) in [5.74, 6) is 0. The minimum atomic E-state index is -0.534. The lowest BCUT2D eigenvalue weighted by Crippen LogP contribution is -2.28. The number of rotatable bonds is 7. The summed E-state index contributed by atoms with van der Waals surface area (Å²) in [6.07, 6.45) is 0. The van der Waals surface area contributed by atoms with Crippen molar-refractivity contribution in [2.75, 3.05) is 4.90 Å². The summed E-state index contributed by atoms with van der Waals surface area (Å²) in [4.78, 5) is 2.54. The van der Waals surface area contributed by atoms with E-state index < -0.39 is 5.41 Å². The molecule has 12 rings (SSSR count). The molecular formula is C62H45N. The topological polar surface area (TPSA) is 3.24 Å². The normalized spacial score (nSPS) is 13.8. The van der Waals surface area contributed by atoms with Gasteiger partial charge < -0.3 is 4.90 Å². The van der Waals surface area contributed by atoms with Gasteiger partial charge in [-0.25, -0.2) is 0 Å². The fourth-order valence-corrected chi connectivity index (χ4v) is 11.0. The van der Waals surface area contributed by atoms with E-state index in [2.05, 4.69) is 255 Å². The number of anilines is 3. The van der Waals surface area contributed by atoms with Gasteiger partial charge in [0.05, 0.1) is 11.1 Å². The SMILES string of the molecule is CC1(C)c2ccccc2-c2ccc(N(c3ccc4c(c3)C(c3ccccc3)(c3ccccc3)c3ccccc3-4)c3ccc(-c4ccccc4)cc3-c3cccc4ccccc34)cc21. The van der Waals surface area contributed by atoms with Gasteiger partial charge in [0.2, 0.25) is 0 Å². The van der Waals surface area contributed by atoms with Crippen LogP contribution in [-0.4, -0.2) is 0 Å². The van der Waals surface area contributed by atoms with Crippen LogP contribution in [-0.2, 0) is 10.8 Å². The van der Waals surface area contributed by atoms with Crippen LogP contribution in [0.15, 0.2) is 237 Å². The molecule has 10 aromatic rings. The second-order valence-electron chi connectivity index (χ2n) is 17.6. The van der Waals surface area contributed by atoms with E-state index in [1.54, 1.807) is 0 Å². The molecule has 0 radical (unpaired) electrons. The van der Waals surface area contributed by atoms with Crippen LogP contribution < -0.4 is 4.90 Å². The maximum Gasteiger partial charge on any atom is 0.0714 e. The standard InChI is InChI=1S/C62H45N/c1-61(2)56-31-16-14-28-51(56)53-36-34-47(40-58(53)61)63(60-38-33-44(42-19-6-3-7-20-42)39-55(60)50-30-18-22-43-21-12-13-27-49(43)50)48-35-37-54-52-29-15-17-32-57(52)62(59(54)41-48,45-23-8-4-9-24-45)46-25-10-5-11-26-46/h3-41H,1-2H3. The predicted molar refractivity (Wildman–Crippen MR) is 264 cm³/mol. The Kier molecular flexibility index (Phi) is 8.49. The molecule has 1 nitrogen and oxygen atoms in total. The van der Waals surface area contributed by atoms with E-state index in [0.29, 0.717) is 0 Å². The van der Waals surface area contributed by atoms with Crippen molar-refractivity contribution in [1.82, 2.24) is 0 Å². The molecule has 0 bridgehead atoms. The molecular weight excluding hydrogens is 759 g/mol. The molecule has 0 saturated heterocycles. The van der Waals surface area contributed by atoms with Gasteiger partial charge in [-0.15, -0.1) is 0 Å². The fraction of sp³-hybridized carbons (Fsp3) is 0.0645. The lowest BCUT2D eigenvalue weighted by molar-refractivity contribution is 0.660. The highest BCUT2D eigenvalue weighted by molar-refractivity contribution is 6.03. The van der Waals surface area contributed by atoms with Crippen LogP contribution in [0, 0.1) is 0 Å². The lowest BCUT2D eigenvalue weighted by atomic mass is 9.67. The van der Waals surface area contributed by atoms with Crippen molar-refractivity contribution in [2.45, 2.75) is 24.7 Å². The Morgan fingerprint density at radius 2 is 0.825 bits per heavy atom. The summed E-state index contributed by atoms with van der Waals surface area (Å²) < 4.78 is 0. The molecule has 2 aliphatic carbocycles. The van der Waals surface area contributed by atoms with Crippen molar-refractivity contribution in [3.8, 4) is 44.5 Å². The molecule has 0 spiro atoms. The molecule has 63 heavy (non-hydrogen) atoms. The fourth-order valence-electron chi connectivity index (χ4n) is 11.0. The molecule has 298 valence electrons. The quantitative estimate of drug-likeness (QED) is 0.155. The van der Waals surface area contributed by atoms with Crippen LogP contribution in [0.2, 0.25) is 0 Å². The van der Waals surface area contributed by atoms with E-state index in [-0.39, 0.29) is 5.41 Å². The molecule has 0 N–H and O–H groups in total. The third-order valence-electron chi connectivity index (χ3n) is 13.9. The van der Waals surface area contributed by atoms with E-state index in [0.717, 1.165) is 17.1 Å². The third-order valence-corrected chi connectivity index (χ3v) is 13.9. The summed E-state index contributed by atoms with van der Waals surface area (Å²) >= 11 is 0. The highest BCUT2D eigenvalue weighted by Gasteiger charge is 2.46. The first kappa shape index (κ1) is 37.1. The zero-order valence-electron chi connectivity index (χ0n) is 35.5. The van der Waals surface area contributed by atoms with Crippen LogP contribution >= 0.6 is 0 Å². The maximum absolute atomic E-state index is 2.54. The van der Waals surface area contributed by atoms with E-state index in [1.165, 1.54) is 88.7 Å². The first-order valence-corrected chi connectivity index (χ1v) is 22.1. The molecule has 0 amide bonds. The second kappa shape index (κ2) is 14.4. The third kappa shape index (κ3) is 5.63. The van der Waals surface area contributed by atoms with Gasteiger partial charge in [-0.2, -0.15) is 0 Å². The highest BCUT2D eigenvalue weighted by atomic mass is 15.1. The Labute approximate surface area is 370 Å². The molecule has 0 atom stereocenters.